The molecule has 0 aromatic carbocycles. The molecule has 0 aliphatic heterocycles. The van der Waals surface area contributed by atoms with E-state index >= 15 is 0 Å². The highest BCUT2D eigenvalue weighted by molar-refractivity contribution is 5.70. The van der Waals surface area contributed by atoms with Crippen LogP contribution < -0.4 is 0 Å². The quantitative estimate of drug-likeness (QED) is 0.138. The van der Waals surface area contributed by atoms with E-state index < -0.39 is 6.10 Å². The summed E-state index contributed by atoms with van der Waals surface area (Å²) in [7, 11) is 0. The number of unbranched alkanes of at least 4 members (excludes halogenated alkanes) is 15. The van der Waals surface area contributed by atoms with E-state index in [2.05, 4.69) is 13.8 Å². The third-order valence-corrected chi connectivity index (χ3v) is 5.65. The van der Waals surface area contributed by atoms with Gasteiger partial charge in [-0.2, -0.15) is 0 Å². The Balaban J connectivity index is 3.62. The minimum absolute atomic E-state index is 0.0599. The molecule has 1 N–H and O–H groups in total. The van der Waals surface area contributed by atoms with Crippen molar-refractivity contribution in [2.75, 3.05) is 13.2 Å². The second kappa shape index (κ2) is 23.6. The highest BCUT2D eigenvalue weighted by Gasteiger charge is 2.16. The Kier molecular flexibility index (Phi) is 22.7. The molecule has 1 atom stereocenters. The largest absolute Gasteiger partial charge is 0.462 e. The lowest BCUT2D eigenvalue weighted by molar-refractivity contribution is -0.161. The normalized spacial score (nSPS) is 12.0. The average Bonchev–Trinajstić information content (AvgIpc) is 2.77. The van der Waals surface area contributed by atoms with Crippen molar-refractivity contribution in [1.82, 2.24) is 0 Å². The summed E-state index contributed by atoms with van der Waals surface area (Å²) >= 11 is 0. The summed E-state index contributed by atoms with van der Waals surface area (Å²) < 4.78 is 10.4. The van der Waals surface area contributed by atoms with Gasteiger partial charge in [0.15, 0.2) is 6.10 Å². The zero-order valence-electron chi connectivity index (χ0n) is 20.5. The van der Waals surface area contributed by atoms with Crippen LogP contribution in [-0.2, 0) is 19.1 Å². The number of carbonyl (C=O) groups is 2. The van der Waals surface area contributed by atoms with Gasteiger partial charge in [0, 0.05) is 12.8 Å². The van der Waals surface area contributed by atoms with Crippen LogP contribution >= 0.6 is 0 Å². The van der Waals surface area contributed by atoms with E-state index in [1.807, 2.05) is 0 Å². The molecular weight excluding hydrogens is 392 g/mol. The molecule has 0 heterocycles. The van der Waals surface area contributed by atoms with Gasteiger partial charge in [0.2, 0.25) is 0 Å². The summed E-state index contributed by atoms with van der Waals surface area (Å²) in [6.07, 6.45) is 20.2. The first kappa shape index (κ1) is 29.9. The van der Waals surface area contributed by atoms with Gasteiger partial charge in [0.05, 0.1) is 6.61 Å². The Hall–Kier alpha value is -1.10. The molecule has 184 valence electrons. The molecule has 0 fully saturated rings. The topological polar surface area (TPSA) is 72.8 Å². The van der Waals surface area contributed by atoms with Crippen LogP contribution in [0.25, 0.3) is 0 Å². The summed E-state index contributed by atoms with van der Waals surface area (Å²) in [5.74, 6) is -0.598. The molecule has 0 aromatic rings. The van der Waals surface area contributed by atoms with Crippen LogP contribution in [0.5, 0.6) is 0 Å². The van der Waals surface area contributed by atoms with Crippen molar-refractivity contribution < 1.29 is 24.2 Å². The first-order valence-corrected chi connectivity index (χ1v) is 13.1. The second-order valence-corrected chi connectivity index (χ2v) is 8.78. The molecule has 0 saturated carbocycles. The summed E-state index contributed by atoms with van der Waals surface area (Å²) in [6, 6.07) is 0. The van der Waals surface area contributed by atoms with Crippen molar-refractivity contribution in [1.29, 1.82) is 0 Å². The highest BCUT2D eigenvalue weighted by atomic mass is 16.6. The SMILES string of the molecule is CCCCCCCCCCCCC(=O)OC(CO)COC(=O)CCCCCCCCC. The zero-order valence-corrected chi connectivity index (χ0v) is 20.5. The molecule has 0 radical (unpaired) electrons. The molecule has 0 saturated heterocycles. The van der Waals surface area contributed by atoms with E-state index in [1.54, 1.807) is 0 Å². The van der Waals surface area contributed by atoms with E-state index in [0.717, 1.165) is 38.5 Å². The molecule has 1 unspecified atom stereocenters. The maximum absolute atomic E-state index is 11.9. The molecule has 31 heavy (non-hydrogen) atoms. The van der Waals surface area contributed by atoms with Gasteiger partial charge in [-0.3, -0.25) is 9.59 Å². The molecule has 5 nitrogen and oxygen atoms in total. The number of aliphatic hydroxyl groups excluding tert-OH is 1. The van der Waals surface area contributed by atoms with E-state index in [4.69, 9.17) is 9.47 Å². The number of rotatable bonds is 23. The number of ether oxygens (including phenoxy) is 2. The fourth-order valence-corrected chi connectivity index (χ4v) is 3.61. The summed E-state index contributed by atoms with van der Waals surface area (Å²) in [5, 5.41) is 9.38. The lowest BCUT2D eigenvalue weighted by Gasteiger charge is -2.15. The maximum atomic E-state index is 11.9. The molecule has 0 bridgehead atoms. The van der Waals surface area contributed by atoms with Crippen LogP contribution in [0.3, 0.4) is 0 Å². The number of hydrogen-bond donors (Lipinski definition) is 1. The predicted molar refractivity (Wildman–Crippen MR) is 127 cm³/mol. The molecule has 0 rings (SSSR count). The van der Waals surface area contributed by atoms with Crippen LogP contribution in [0.1, 0.15) is 136 Å². The van der Waals surface area contributed by atoms with Gasteiger partial charge in [0.25, 0.3) is 0 Å². The van der Waals surface area contributed by atoms with Gasteiger partial charge in [-0.1, -0.05) is 110 Å². The Morgan fingerprint density at radius 1 is 0.613 bits per heavy atom. The number of hydrogen-bond acceptors (Lipinski definition) is 5. The van der Waals surface area contributed by atoms with Crippen molar-refractivity contribution in [2.45, 2.75) is 142 Å². The lowest BCUT2D eigenvalue weighted by atomic mass is 10.1. The monoisotopic (exact) mass is 442 g/mol. The van der Waals surface area contributed by atoms with Gasteiger partial charge >= 0.3 is 11.9 Å². The minimum Gasteiger partial charge on any atom is -0.462 e. The standard InChI is InChI=1S/C26H50O5/c1-3-5-7-9-11-12-13-15-17-19-21-26(29)31-24(22-27)23-30-25(28)20-18-16-14-10-8-6-4-2/h24,27H,3-23H2,1-2H3. The Morgan fingerprint density at radius 3 is 1.42 bits per heavy atom. The molecule has 0 aliphatic rings. The van der Waals surface area contributed by atoms with Crippen molar-refractivity contribution in [2.24, 2.45) is 0 Å². The van der Waals surface area contributed by atoms with Gasteiger partial charge in [-0.15, -0.1) is 0 Å². The fourth-order valence-electron chi connectivity index (χ4n) is 3.61. The third kappa shape index (κ3) is 21.9. The minimum atomic E-state index is -0.756. The number of esters is 2. The van der Waals surface area contributed by atoms with Gasteiger partial charge in [-0.05, 0) is 12.8 Å². The number of aliphatic hydroxyl groups is 1. The molecule has 0 aromatic heterocycles. The summed E-state index contributed by atoms with van der Waals surface area (Å²) in [4.78, 5) is 23.7. The van der Waals surface area contributed by atoms with E-state index in [0.29, 0.717) is 12.8 Å². The van der Waals surface area contributed by atoms with Crippen LogP contribution in [0.15, 0.2) is 0 Å². The maximum Gasteiger partial charge on any atom is 0.306 e. The second-order valence-electron chi connectivity index (χ2n) is 8.78. The molecule has 0 aliphatic carbocycles. The van der Waals surface area contributed by atoms with Crippen LogP contribution in [0.2, 0.25) is 0 Å². The average molecular weight is 443 g/mol. The third-order valence-electron chi connectivity index (χ3n) is 5.65. The Bertz CT molecular complexity index is 411. The van der Waals surface area contributed by atoms with Gasteiger partial charge in [-0.25, -0.2) is 0 Å². The van der Waals surface area contributed by atoms with Crippen LogP contribution in [-0.4, -0.2) is 36.4 Å². The fraction of sp³-hybridized carbons (Fsp3) is 0.923. The first-order chi connectivity index (χ1) is 15.1. The molecule has 5 heteroatoms. The number of carbonyl (C=O) groups excluding carboxylic acids is 2. The van der Waals surface area contributed by atoms with E-state index in [-0.39, 0.29) is 25.2 Å². The molecular formula is C26H50O5. The van der Waals surface area contributed by atoms with Crippen molar-refractivity contribution in [3.8, 4) is 0 Å². The zero-order chi connectivity index (χ0) is 23.0. The van der Waals surface area contributed by atoms with Crippen LogP contribution in [0, 0.1) is 0 Å². The van der Waals surface area contributed by atoms with Gasteiger partial charge in [0.1, 0.15) is 6.61 Å². The summed E-state index contributed by atoms with van der Waals surface area (Å²) in [5.41, 5.74) is 0. The van der Waals surface area contributed by atoms with Crippen molar-refractivity contribution in [3.05, 3.63) is 0 Å². The summed E-state index contributed by atoms with van der Waals surface area (Å²) in [6.45, 7) is 4.05. The molecule has 0 amide bonds. The van der Waals surface area contributed by atoms with Crippen molar-refractivity contribution >= 4 is 11.9 Å². The Labute approximate surface area is 191 Å². The Morgan fingerprint density at radius 2 is 1.00 bits per heavy atom. The predicted octanol–water partition coefficient (Wildman–Crippen LogP) is 6.89. The first-order valence-electron chi connectivity index (χ1n) is 13.1. The van der Waals surface area contributed by atoms with Crippen molar-refractivity contribution in [3.63, 3.8) is 0 Å². The van der Waals surface area contributed by atoms with E-state index in [1.165, 1.54) is 70.6 Å². The van der Waals surface area contributed by atoms with E-state index in [9.17, 15) is 14.7 Å². The highest BCUT2D eigenvalue weighted by Crippen LogP contribution is 2.12. The molecule has 0 spiro atoms. The van der Waals surface area contributed by atoms with Crippen LogP contribution in [0.4, 0.5) is 0 Å². The lowest BCUT2D eigenvalue weighted by Crippen LogP contribution is -2.28. The van der Waals surface area contributed by atoms with Gasteiger partial charge < -0.3 is 14.6 Å². The smallest absolute Gasteiger partial charge is 0.306 e.